The highest BCUT2D eigenvalue weighted by Crippen LogP contribution is 2.29. The number of hydrogen-bond donors (Lipinski definition) is 0. The maximum atomic E-state index is 12.8. The highest BCUT2D eigenvalue weighted by atomic mass is 35.5. The summed E-state index contributed by atoms with van der Waals surface area (Å²) in [7, 11) is 0. The number of likely N-dealkylation sites (tertiary alicyclic amines) is 1. The van der Waals surface area contributed by atoms with E-state index in [1.165, 1.54) is 42.6 Å². The molecule has 1 saturated heterocycles. The van der Waals surface area contributed by atoms with Crippen molar-refractivity contribution in [2.24, 2.45) is 0 Å². The molecule has 35 heavy (non-hydrogen) atoms. The van der Waals surface area contributed by atoms with Gasteiger partial charge in [0.2, 0.25) is 0 Å². The predicted octanol–water partition coefficient (Wildman–Crippen LogP) is 5.18. The average Bonchev–Trinajstić information content (AvgIpc) is 3.48. The molecule has 1 aliphatic rings. The topological polar surface area (TPSA) is 56.0 Å². The number of aromatic nitrogens is 4. The molecule has 0 bridgehead atoms. The summed E-state index contributed by atoms with van der Waals surface area (Å²) in [6.45, 7) is 4.29. The van der Waals surface area contributed by atoms with Gasteiger partial charge >= 0.3 is 6.18 Å². The highest BCUT2D eigenvalue weighted by molar-refractivity contribution is 5.85. The molecular formula is C25H25ClF3N5O. The van der Waals surface area contributed by atoms with Crippen LogP contribution in [0.1, 0.15) is 24.8 Å². The van der Waals surface area contributed by atoms with E-state index in [0.717, 1.165) is 42.7 Å². The van der Waals surface area contributed by atoms with Crippen LogP contribution >= 0.6 is 12.4 Å². The van der Waals surface area contributed by atoms with Crippen molar-refractivity contribution in [1.29, 1.82) is 0 Å². The van der Waals surface area contributed by atoms with Crippen LogP contribution in [0.5, 0.6) is 0 Å². The molecule has 1 fully saturated rings. The zero-order chi connectivity index (χ0) is 23.7. The second-order valence-electron chi connectivity index (χ2n) is 8.57. The Morgan fingerprint density at radius 2 is 1.74 bits per heavy atom. The lowest BCUT2D eigenvalue weighted by molar-refractivity contribution is -0.137. The van der Waals surface area contributed by atoms with Crippen LogP contribution in [0.15, 0.2) is 65.8 Å². The van der Waals surface area contributed by atoms with Crippen LogP contribution in [-0.4, -0.2) is 43.9 Å². The van der Waals surface area contributed by atoms with Crippen LogP contribution in [0.2, 0.25) is 0 Å². The molecule has 5 rings (SSSR count). The van der Waals surface area contributed by atoms with E-state index in [-0.39, 0.29) is 18.0 Å². The summed E-state index contributed by atoms with van der Waals surface area (Å²) in [5.41, 5.74) is 1.36. The molecule has 4 heterocycles. The van der Waals surface area contributed by atoms with Crippen LogP contribution in [0.4, 0.5) is 13.2 Å². The van der Waals surface area contributed by atoms with E-state index in [0.29, 0.717) is 16.9 Å². The monoisotopic (exact) mass is 503 g/mol. The minimum absolute atomic E-state index is 0. The Bertz CT molecular complexity index is 1360. The fourth-order valence-corrected chi connectivity index (χ4v) is 4.44. The summed E-state index contributed by atoms with van der Waals surface area (Å²) in [5.74, 6) is 0. The van der Waals surface area contributed by atoms with Gasteiger partial charge in [-0.15, -0.1) is 12.4 Å². The largest absolute Gasteiger partial charge is 0.417 e. The zero-order valence-electron chi connectivity index (χ0n) is 18.9. The van der Waals surface area contributed by atoms with Gasteiger partial charge in [-0.05, 0) is 75.3 Å². The van der Waals surface area contributed by atoms with Crippen LogP contribution < -0.4 is 5.56 Å². The molecule has 184 valence electrons. The van der Waals surface area contributed by atoms with Crippen molar-refractivity contribution in [1.82, 2.24) is 24.2 Å². The Morgan fingerprint density at radius 1 is 0.943 bits per heavy atom. The third-order valence-corrected chi connectivity index (χ3v) is 6.25. The summed E-state index contributed by atoms with van der Waals surface area (Å²) in [6, 6.07) is 11.0. The van der Waals surface area contributed by atoms with Gasteiger partial charge in [-0.25, -0.2) is 0 Å². The summed E-state index contributed by atoms with van der Waals surface area (Å²) in [6.07, 6.45) is 3.35. The molecule has 0 aliphatic carbocycles. The molecule has 0 radical (unpaired) electrons. The molecule has 0 saturated carbocycles. The Labute approximate surface area is 206 Å². The minimum atomic E-state index is -4.45. The number of nitrogens with zero attached hydrogens (tertiary/aromatic N) is 5. The Balaban J connectivity index is 0.00000289. The highest BCUT2D eigenvalue weighted by Gasteiger charge is 2.30. The number of rotatable bonds is 6. The minimum Gasteiger partial charge on any atom is -0.303 e. The number of benzene rings is 1. The summed E-state index contributed by atoms with van der Waals surface area (Å²) in [4.78, 5) is 19.1. The maximum Gasteiger partial charge on any atom is 0.417 e. The second-order valence-corrected chi connectivity index (χ2v) is 8.57. The van der Waals surface area contributed by atoms with Crippen molar-refractivity contribution in [3.63, 3.8) is 0 Å². The lowest BCUT2D eigenvalue weighted by Crippen LogP contribution is -2.21. The Kier molecular flexibility index (Phi) is 7.28. The van der Waals surface area contributed by atoms with E-state index in [1.54, 1.807) is 18.5 Å². The summed E-state index contributed by atoms with van der Waals surface area (Å²) in [5, 5.41) is 5.46. The van der Waals surface area contributed by atoms with Crippen LogP contribution in [0, 0.1) is 0 Å². The van der Waals surface area contributed by atoms with Crippen molar-refractivity contribution in [2.75, 3.05) is 19.6 Å². The van der Waals surface area contributed by atoms with Crippen molar-refractivity contribution >= 4 is 23.3 Å². The van der Waals surface area contributed by atoms with Gasteiger partial charge < -0.3 is 4.90 Å². The third kappa shape index (κ3) is 5.41. The first kappa shape index (κ1) is 24.9. The van der Waals surface area contributed by atoms with Gasteiger partial charge in [0.25, 0.3) is 5.56 Å². The van der Waals surface area contributed by atoms with Crippen molar-refractivity contribution < 1.29 is 13.2 Å². The van der Waals surface area contributed by atoms with Crippen LogP contribution in [0.3, 0.4) is 0 Å². The molecule has 1 aliphatic heterocycles. The Morgan fingerprint density at radius 3 is 2.43 bits per heavy atom. The number of hydrogen-bond acceptors (Lipinski definition) is 4. The van der Waals surface area contributed by atoms with Gasteiger partial charge in [0.1, 0.15) is 0 Å². The first-order valence-corrected chi connectivity index (χ1v) is 11.3. The quantitative estimate of drug-likeness (QED) is 0.364. The van der Waals surface area contributed by atoms with Gasteiger partial charge in [-0.3, -0.25) is 19.0 Å². The number of alkyl halides is 3. The number of halogens is 4. The zero-order valence-corrected chi connectivity index (χ0v) is 19.7. The second kappa shape index (κ2) is 10.2. The number of pyridine rings is 2. The molecule has 0 spiro atoms. The summed E-state index contributed by atoms with van der Waals surface area (Å²) < 4.78 is 41.8. The third-order valence-electron chi connectivity index (χ3n) is 6.25. The van der Waals surface area contributed by atoms with Gasteiger partial charge in [0.05, 0.1) is 23.0 Å². The van der Waals surface area contributed by atoms with Gasteiger partial charge in [0, 0.05) is 41.6 Å². The molecule has 0 N–H and O–H groups in total. The van der Waals surface area contributed by atoms with E-state index in [2.05, 4.69) is 15.0 Å². The van der Waals surface area contributed by atoms with E-state index >= 15 is 0 Å². The SMILES string of the molecule is Cl.O=c1cc(-c2ccc(C(F)(F)F)cn2)ccn1-c1ccc2c(cnn2CCCN2CCCC2)c1. The van der Waals surface area contributed by atoms with Crippen LogP contribution in [-0.2, 0) is 12.7 Å². The maximum absolute atomic E-state index is 12.8. The summed E-state index contributed by atoms with van der Waals surface area (Å²) >= 11 is 0. The van der Waals surface area contributed by atoms with Gasteiger partial charge in [-0.1, -0.05) is 0 Å². The molecule has 1 aromatic carbocycles. The first-order valence-electron chi connectivity index (χ1n) is 11.3. The van der Waals surface area contributed by atoms with E-state index in [9.17, 15) is 18.0 Å². The number of aryl methyl sites for hydroxylation is 1. The van der Waals surface area contributed by atoms with Gasteiger partial charge in [0.15, 0.2) is 0 Å². The number of fused-ring (bicyclic) bond motifs is 1. The Hall–Kier alpha value is -3.17. The van der Waals surface area contributed by atoms with E-state index in [4.69, 9.17) is 0 Å². The fourth-order valence-electron chi connectivity index (χ4n) is 4.44. The molecule has 0 amide bonds. The van der Waals surface area contributed by atoms with E-state index in [1.807, 2.05) is 22.9 Å². The van der Waals surface area contributed by atoms with Gasteiger partial charge in [-0.2, -0.15) is 18.3 Å². The first-order chi connectivity index (χ1) is 16.4. The predicted molar refractivity (Wildman–Crippen MR) is 131 cm³/mol. The molecule has 6 nitrogen and oxygen atoms in total. The lowest BCUT2D eigenvalue weighted by atomic mass is 10.1. The normalized spacial score (nSPS) is 14.4. The van der Waals surface area contributed by atoms with E-state index < -0.39 is 11.7 Å². The standard InChI is InChI=1S/C25H24F3N5O.ClH/c26-25(27,28)20-4-6-22(29-17-20)18-8-13-32(24(34)15-18)21-5-7-23-19(14-21)16-30-33(23)12-3-11-31-9-1-2-10-31;/h4-8,13-17H,1-3,9-12H2;1H. The lowest BCUT2D eigenvalue weighted by Gasteiger charge is -2.14. The smallest absolute Gasteiger partial charge is 0.303 e. The van der Waals surface area contributed by atoms with Crippen LogP contribution in [0.25, 0.3) is 27.8 Å². The molecule has 10 heteroatoms. The van der Waals surface area contributed by atoms with Crippen molar-refractivity contribution in [3.8, 4) is 16.9 Å². The molecule has 0 unspecified atom stereocenters. The molecule has 3 aromatic heterocycles. The fraction of sp³-hybridized carbons (Fsp3) is 0.320. The van der Waals surface area contributed by atoms with Crippen molar-refractivity contribution in [2.45, 2.75) is 32.0 Å². The molecular weight excluding hydrogens is 479 g/mol. The molecule has 0 atom stereocenters. The average molecular weight is 504 g/mol. The molecule has 4 aromatic rings. The van der Waals surface area contributed by atoms with Crippen molar-refractivity contribution in [3.05, 3.63) is 77.0 Å².